The van der Waals surface area contributed by atoms with E-state index in [1.54, 1.807) is 12.3 Å². The summed E-state index contributed by atoms with van der Waals surface area (Å²) in [5, 5.41) is 10.8. The number of amides is 1. The molecule has 2 saturated heterocycles. The van der Waals surface area contributed by atoms with Crippen molar-refractivity contribution in [3.8, 4) is 11.1 Å². The molecule has 0 bridgehead atoms. The monoisotopic (exact) mass is 741 g/mol. The maximum atomic E-state index is 14.0. The molecule has 3 atom stereocenters. The molecule has 50 heavy (non-hydrogen) atoms. The lowest BCUT2D eigenvalue weighted by molar-refractivity contribution is -0.823. The van der Waals surface area contributed by atoms with Crippen LogP contribution in [0.15, 0.2) is 48.8 Å². The summed E-state index contributed by atoms with van der Waals surface area (Å²) in [5.74, 6) is -2.62. The summed E-state index contributed by atoms with van der Waals surface area (Å²) in [5.41, 5.74) is 1.77. The molecule has 1 amide bonds. The van der Waals surface area contributed by atoms with Gasteiger partial charge in [0, 0.05) is 18.0 Å². The van der Waals surface area contributed by atoms with E-state index in [1.807, 2.05) is 44.2 Å². The molecular formula is C31H46BN3O13P2. The van der Waals surface area contributed by atoms with Gasteiger partial charge in [0.15, 0.2) is 11.2 Å². The second kappa shape index (κ2) is 16.2. The highest BCUT2D eigenvalue weighted by Crippen LogP contribution is 2.61. The molecule has 2 aliphatic rings. The molecule has 2 fully saturated rings. The fourth-order valence-electron chi connectivity index (χ4n) is 7.19. The molecule has 19 heteroatoms. The third-order valence-corrected chi connectivity index (χ3v) is 13.3. The quantitative estimate of drug-likeness (QED) is 0.0773. The van der Waals surface area contributed by atoms with E-state index in [-0.39, 0.29) is 48.7 Å². The number of hydrogen-bond donors (Lipinski definition) is 6. The smallest absolute Gasteiger partial charge is 0.476 e. The van der Waals surface area contributed by atoms with Gasteiger partial charge in [-0.3, -0.25) is 28.5 Å². The van der Waals surface area contributed by atoms with Crippen molar-refractivity contribution < 1.29 is 66.6 Å². The van der Waals surface area contributed by atoms with E-state index in [4.69, 9.17) is 14.0 Å². The second-order valence-electron chi connectivity index (χ2n) is 13.5. The molecule has 3 heterocycles. The summed E-state index contributed by atoms with van der Waals surface area (Å²) in [7, 11) is -10.6. The first kappa shape index (κ1) is 40.0. The van der Waals surface area contributed by atoms with Crippen molar-refractivity contribution in [2.45, 2.75) is 63.4 Å². The Morgan fingerprint density at radius 3 is 2.14 bits per heavy atom. The number of aromatic nitrogens is 1. The molecule has 1 aromatic heterocycles. The van der Waals surface area contributed by atoms with Gasteiger partial charge in [-0.15, -0.1) is 0 Å². The van der Waals surface area contributed by atoms with E-state index < -0.39 is 69.3 Å². The number of carbonyl (C=O) groups is 3. The maximum Gasteiger partial charge on any atom is 0.476 e. The van der Waals surface area contributed by atoms with Crippen LogP contribution in [0.2, 0.25) is 5.82 Å². The average Bonchev–Trinajstić information content (AvgIpc) is 3.57. The number of aliphatic hydroxyl groups excluding tert-OH is 1. The molecule has 0 aliphatic carbocycles. The number of esters is 1. The molecule has 2 aromatic rings. The molecule has 1 aromatic carbocycles. The molecule has 276 valence electrons. The number of carbonyl (C=O) groups excluding carboxylic acids is 3. The van der Waals surface area contributed by atoms with E-state index in [0.717, 1.165) is 5.56 Å². The third-order valence-electron chi connectivity index (χ3n) is 9.53. The fraction of sp³-hybridized carbons (Fsp3) is 0.548. The first-order chi connectivity index (χ1) is 23.4. The SMILES string of the molecule is CC(C)C[C@H](CC(=O)C(NC(=O)c1cncc(-c2ccccc2)c1)[C@@H](C)O)[B-]12OCC[N+]1(CCOC(=O)CC(P(=O)(O)O)P(=O)(O)O)CCO2. The van der Waals surface area contributed by atoms with Crippen molar-refractivity contribution in [3.05, 3.63) is 54.4 Å². The van der Waals surface area contributed by atoms with Gasteiger partial charge >= 0.3 is 27.8 Å². The Kier molecular flexibility index (Phi) is 13.0. The van der Waals surface area contributed by atoms with Crippen LogP contribution in [0.1, 0.15) is 50.4 Å². The number of ketones is 1. The zero-order valence-electron chi connectivity index (χ0n) is 28.2. The zero-order chi connectivity index (χ0) is 36.9. The molecule has 16 nitrogen and oxygen atoms in total. The molecule has 0 saturated carbocycles. The number of Topliss-reactive ketones (excluding diaryl/α,β-unsaturated/α-hetero) is 1. The highest BCUT2D eigenvalue weighted by molar-refractivity contribution is 7.70. The normalized spacial score (nSPS) is 22.6. The molecular weight excluding hydrogens is 695 g/mol. The molecule has 6 N–H and O–H groups in total. The minimum Gasteiger partial charge on any atom is -0.509 e. The van der Waals surface area contributed by atoms with Crippen LogP contribution in [-0.4, -0.2) is 115 Å². The molecule has 4 rings (SSSR count). The van der Waals surface area contributed by atoms with E-state index >= 15 is 0 Å². The van der Waals surface area contributed by atoms with Gasteiger partial charge in [0.25, 0.3) is 5.91 Å². The van der Waals surface area contributed by atoms with Crippen molar-refractivity contribution in [2.75, 3.05) is 39.5 Å². The molecule has 0 radical (unpaired) electrons. The fourth-order valence-corrected chi connectivity index (χ4v) is 9.53. The van der Waals surface area contributed by atoms with Gasteiger partial charge in [-0.2, -0.15) is 0 Å². The van der Waals surface area contributed by atoms with Crippen molar-refractivity contribution in [2.24, 2.45) is 5.92 Å². The summed E-state index contributed by atoms with van der Waals surface area (Å²) >= 11 is 0. The van der Waals surface area contributed by atoms with Gasteiger partial charge in [-0.05, 0) is 36.7 Å². The largest absolute Gasteiger partial charge is 0.509 e. The number of aliphatic hydroxyl groups is 1. The number of quaternary nitrogens is 1. The van der Waals surface area contributed by atoms with Gasteiger partial charge in [0.05, 0.1) is 50.9 Å². The van der Waals surface area contributed by atoms with E-state index in [0.29, 0.717) is 25.1 Å². The topological polar surface area (TPSA) is 239 Å². The van der Waals surface area contributed by atoms with Crippen LogP contribution in [0, 0.1) is 5.92 Å². The summed E-state index contributed by atoms with van der Waals surface area (Å²) in [6.45, 7) is 4.47. The number of pyridine rings is 1. The third kappa shape index (κ3) is 9.34. The summed E-state index contributed by atoms with van der Waals surface area (Å²) in [6, 6.07) is 9.75. The molecule has 0 spiro atoms. The lowest BCUT2D eigenvalue weighted by Gasteiger charge is -2.51. The van der Waals surface area contributed by atoms with Gasteiger partial charge in [-0.25, -0.2) is 0 Å². The molecule has 1 unspecified atom stereocenters. The van der Waals surface area contributed by atoms with Gasteiger partial charge < -0.3 is 48.4 Å². The van der Waals surface area contributed by atoms with Crippen molar-refractivity contribution in [1.82, 2.24) is 10.3 Å². The highest BCUT2D eigenvalue weighted by atomic mass is 31.2. The maximum absolute atomic E-state index is 14.0. The van der Waals surface area contributed by atoms with E-state index in [9.17, 15) is 48.2 Å². The Morgan fingerprint density at radius 2 is 1.58 bits per heavy atom. The Hall–Kier alpha value is -2.82. The minimum atomic E-state index is -5.32. The number of hydrogen-bond acceptors (Lipinski definition) is 10. The second-order valence-corrected chi connectivity index (χ2v) is 17.5. The van der Waals surface area contributed by atoms with Crippen LogP contribution in [-0.2, 0) is 32.8 Å². The predicted octanol–water partition coefficient (Wildman–Crippen LogP) is 2.03. The average molecular weight is 741 g/mol. The highest BCUT2D eigenvalue weighted by Gasteiger charge is 2.62. The van der Waals surface area contributed by atoms with Crippen LogP contribution in [0.4, 0.5) is 0 Å². The van der Waals surface area contributed by atoms with Crippen LogP contribution in [0.3, 0.4) is 0 Å². The van der Waals surface area contributed by atoms with Crippen LogP contribution < -0.4 is 5.32 Å². The summed E-state index contributed by atoms with van der Waals surface area (Å²) in [4.78, 5) is 81.4. The van der Waals surface area contributed by atoms with Crippen molar-refractivity contribution >= 4 is 39.5 Å². The molecule has 2 aliphatic heterocycles. The summed E-state index contributed by atoms with van der Waals surface area (Å²) < 4.78 is 41.3. The summed E-state index contributed by atoms with van der Waals surface area (Å²) in [6.07, 6.45) is 0.965. The first-order valence-electron chi connectivity index (χ1n) is 16.4. The number of nitrogens with zero attached hydrogens (tertiary/aromatic N) is 2. The number of nitrogens with one attached hydrogen (secondary N) is 1. The van der Waals surface area contributed by atoms with Crippen LogP contribution in [0.25, 0.3) is 11.1 Å². The van der Waals surface area contributed by atoms with E-state index in [1.165, 1.54) is 13.1 Å². The van der Waals surface area contributed by atoms with Gasteiger partial charge in [-0.1, -0.05) is 50.6 Å². The minimum absolute atomic E-state index is 0.0841. The van der Waals surface area contributed by atoms with Crippen molar-refractivity contribution in [3.63, 3.8) is 0 Å². The lowest BCUT2D eigenvalue weighted by atomic mass is 9.51. The number of ether oxygens (including phenoxy) is 1. The zero-order valence-corrected chi connectivity index (χ0v) is 30.0. The predicted molar refractivity (Wildman–Crippen MR) is 181 cm³/mol. The standard InChI is InChI=1S/C31H46BN3O13P2/c1-21(2)15-26(17-27(37)30(22(3)36)34-31(39)25-16-24(19-33-20-25)23-7-5-4-6-8-23)32-35(10-13-47-32,11-14-48-32)9-12-46-28(38)18-29(49(40,41)42)50(43,44)45/h4-8,16,19-22,26,29-30,36H,9-15,17-18H2,1-3H3,(H,34,39)(H2,40,41,42)(H2,43,44,45)/t22-,26-,30?,32?,35?/m1/s1. The number of benzene rings is 1. The van der Waals surface area contributed by atoms with Crippen molar-refractivity contribution in [1.29, 1.82) is 0 Å². The first-order valence-corrected chi connectivity index (χ1v) is 19.8. The van der Waals surface area contributed by atoms with Crippen LogP contribution >= 0.6 is 15.2 Å². The Morgan fingerprint density at radius 1 is 0.960 bits per heavy atom. The number of fused-ring (bicyclic) bond motifs is 1. The van der Waals surface area contributed by atoms with Gasteiger partial charge in [0.1, 0.15) is 12.6 Å². The lowest BCUT2D eigenvalue weighted by Crippen LogP contribution is -2.66. The van der Waals surface area contributed by atoms with Crippen LogP contribution in [0.5, 0.6) is 0 Å². The van der Waals surface area contributed by atoms with E-state index in [2.05, 4.69) is 10.3 Å². The number of rotatable bonds is 17. The Balaban J connectivity index is 1.49. The Labute approximate surface area is 290 Å². The Bertz CT molecular complexity index is 1590. The van der Waals surface area contributed by atoms with Gasteiger partial charge in [0.2, 0.25) is 0 Å².